The Balaban J connectivity index is 2.57. The minimum Gasteiger partial charge on any atom is -0.313 e. The molecule has 1 rings (SSSR count). The van der Waals surface area contributed by atoms with Crippen LogP contribution in [0, 0.1) is 17.2 Å². The summed E-state index contributed by atoms with van der Waals surface area (Å²) in [6.45, 7) is 1.99. The van der Waals surface area contributed by atoms with Gasteiger partial charge in [-0.15, -0.1) is 0 Å². The van der Waals surface area contributed by atoms with Gasteiger partial charge < -0.3 is 5.73 Å². The molecule has 0 aromatic carbocycles. The first-order valence-electron chi connectivity index (χ1n) is 2.39. The minimum atomic E-state index is -0.444. The molecule has 0 spiro atoms. The fourth-order valence-corrected chi connectivity index (χ4v) is 0.604. The van der Waals surface area contributed by atoms with E-state index in [1.54, 1.807) is 0 Å². The Hall–Kier alpha value is -0.550. The molecule has 1 aliphatic carbocycles. The predicted molar refractivity (Wildman–Crippen MR) is 26.3 cm³/mol. The fourth-order valence-electron chi connectivity index (χ4n) is 0.604. The smallest absolute Gasteiger partial charge is 0.107 e. The number of nitrogens with two attached hydrogens (primary N) is 1. The van der Waals surface area contributed by atoms with Gasteiger partial charge in [0.1, 0.15) is 5.54 Å². The summed E-state index contributed by atoms with van der Waals surface area (Å²) in [5.41, 5.74) is 4.98. The van der Waals surface area contributed by atoms with Gasteiger partial charge in [-0.1, -0.05) is 6.92 Å². The van der Waals surface area contributed by atoms with Crippen molar-refractivity contribution >= 4 is 0 Å². The van der Waals surface area contributed by atoms with Gasteiger partial charge in [-0.05, 0) is 12.3 Å². The van der Waals surface area contributed by atoms with Gasteiger partial charge in [-0.25, -0.2) is 0 Å². The van der Waals surface area contributed by atoms with E-state index in [2.05, 4.69) is 0 Å². The highest BCUT2D eigenvalue weighted by Gasteiger charge is 2.48. The van der Waals surface area contributed by atoms with Gasteiger partial charge in [0, 0.05) is 0 Å². The van der Waals surface area contributed by atoms with Gasteiger partial charge in [0.25, 0.3) is 0 Å². The zero-order valence-electron chi connectivity index (χ0n) is 4.31. The summed E-state index contributed by atoms with van der Waals surface area (Å²) in [6, 6.07) is 2.04. The highest BCUT2D eigenvalue weighted by atomic mass is 14.8. The van der Waals surface area contributed by atoms with Crippen molar-refractivity contribution in [3.8, 4) is 6.07 Å². The van der Waals surface area contributed by atoms with Gasteiger partial charge in [0.15, 0.2) is 0 Å². The molecule has 0 amide bonds. The normalized spacial score (nSPS) is 47.9. The van der Waals surface area contributed by atoms with Crippen LogP contribution >= 0.6 is 0 Å². The first kappa shape index (κ1) is 4.61. The third kappa shape index (κ3) is 0.495. The molecule has 1 saturated carbocycles. The van der Waals surface area contributed by atoms with Crippen molar-refractivity contribution in [2.75, 3.05) is 0 Å². The Bertz CT molecular complexity index is 125. The SMILES string of the molecule is C[C@H]1C[C@@]1(N)C#N. The van der Waals surface area contributed by atoms with E-state index in [0.717, 1.165) is 6.42 Å². The summed E-state index contributed by atoms with van der Waals surface area (Å²) in [4.78, 5) is 0. The van der Waals surface area contributed by atoms with Gasteiger partial charge >= 0.3 is 0 Å². The van der Waals surface area contributed by atoms with Crippen LogP contribution in [0.5, 0.6) is 0 Å². The van der Waals surface area contributed by atoms with E-state index in [-0.39, 0.29) is 0 Å². The van der Waals surface area contributed by atoms with Crippen LogP contribution in [0.25, 0.3) is 0 Å². The highest BCUT2D eigenvalue weighted by molar-refractivity contribution is 5.20. The summed E-state index contributed by atoms with van der Waals surface area (Å²) in [7, 11) is 0. The van der Waals surface area contributed by atoms with E-state index in [1.165, 1.54) is 0 Å². The Labute approximate surface area is 42.9 Å². The van der Waals surface area contributed by atoms with Crippen molar-refractivity contribution in [2.24, 2.45) is 11.7 Å². The van der Waals surface area contributed by atoms with Gasteiger partial charge in [0.2, 0.25) is 0 Å². The Morgan fingerprint density at radius 2 is 2.43 bits per heavy atom. The van der Waals surface area contributed by atoms with Crippen molar-refractivity contribution in [3.05, 3.63) is 0 Å². The maximum Gasteiger partial charge on any atom is 0.107 e. The quantitative estimate of drug-likeness (QED) is 0.470. The van der Waals surface area contributed by atoms with E-state index in [4.69, 9.17) is 11.0 Å². The van der Waals surface area contributed by atoms with Crippen molar-refractivity contribution in [2.45, 2.75) is 18.9 Å². The molecule has 2 heteroatoms. The number of rotatable bonds is 0. The molecule has 1 fully saturated rings. The lowest BCUT2D eigenvalue weighted by Crippen LogP contribution is -2.20. The van der Waals surface area contributed by atoms with Crippen LogP contribution in [0.4, 0.5) is 0 Å². The van der Waals surface area contributed by atoms with E-state index >= 15 is 0 Å². The highest BCUT2D eigenvalue weighted by Crippen LogP contribution is 2.39. The molecule has 0 unspecified atom stereocenters. The monoisotopic (exact) mass is 96.1 g/mol. The molecule has 1 aliphatic rings. The fraction of sp³-hybridized carbons (Fsp3) is 0.800. The van der Waals surface area contributed by atoms with Crippen LogP contribution in [-0.2, 0) is 0 Å². The lowest BCUT2D eigenvalue weighted by atomic mass is 10.3. The number of hydrogen-bond donors (Lipinski definition) is 1. The third-order valence-corrected chi connectivity index (χ3v) is 1.57. The second kappa shape index (κ2) is 0.988. The number of nitrogens with zero attached hydrogens (tertiary/aromatic N) is 1. The molecule has 0 aliphatic heterocycles. The van der Waals surface area contributed by atoms with Crippen LogP contribution in [0.15, 0.2) is 0 Å². The van der Waals surface area contributed by atoms with Crippen LogP contribution in [0.1, 0.15) is 13.3 Å². The molecule has 2 nitrogen and oxygen atoms in total. The molecular weight excluding hydrogens is 88.1 g/mol. The van der Waals surface area contributed by atoms with Crippen LogP contribution in [0.2, 0.25) is 0 Å². The van der Waals surface area contributed by atoms with E-state index in [1.807, 2.05) is 13.0 Å². The molecular formula is C5H8N2. The largest absolute Gasteiger partial charge is 0.313 e. The maximum atomic E-state index is 8.26. The Morgan fingerprint density at radius 1 is 2.00 bits per heavy atom. The van der Waals surface area contributed by atoms with Crippen molar-refractivity contribution in [1.29, 1.82) is 5.26 Å². The molecule has 0 bridgehead atoms. The summed E-state index contributed by atoms with van der Waals surface area (Å²) in [5.74, 6) is 0.428. The molecule has 2 atom stereocenters. The lowest BCUT2D eigenvalue weighted by Gasteiger charge is -1.89. The van der Waals surface area contributed by atoms with E-state index in [9.17, 15) is 0 Å². The molecule has 0 radical (unpaired) electrons. The van der Waals surface area contributed by atoms with Crippen LogP contribution in [-0.4, -0.2) is 5.54 Å². The number of nitriles is 1. The van der Waals surface area contributed by atoms with Crippen molar-refractivity contribution in [3.63, 3.8) is 0 Å². The second-order valence-electron chi connectivity index (χ2n) is 2.26. The average Bonchev–Trinajstić information content (AvgIpc) is 2.18. The van der Waals surface area contributed by atoms with Crippen LogP contribution in [0.3, 0.4) is 0 Å². The third-order valence-electron chi connectivity index (χ3n) is 1.57. The minimum absolute atomic E-state index is 0.428. The molecule has 0 saturated heterocycles. The summed E-state index contributed by atoms with van der Waals surface area (Å²) < 4.78 is 0. The molecule has 0 aromatic rings. The summed E-state index contributed by atoms with van der Waals surface area (Å²) in [5, 5.41) is 8.26. The average molecular weight is 96.1 g/mol. The summed E-state index contributed by atoms with van der Waals surface area (Å²) in [6.07, 6.45) is 0.878. The lowest BCUT2D eigenvalue weighted by molar-refractivity contribution is 0.771. The molecule has 0 aromatic heterocycles. The van der Waals surface area contributed by atoms with Gasteiger partial charge in [-0.3, -0.25) is 0 Å². The standard InChI is InChI=1S/C5H8N2/c1-4-2-5(4,7)3-6/h4H,2,7H2,1H3/t4-,5+/m0/s1. The second-order valence-corrected chi connectivity index (χ2v) is 2.26. The van der Waals surface area contributed by atoms with Crippen molar-refractivity contribution < 1.29 is 0 Å². The molecule has 0 heterocycles. The molecule has 38 valence electrons. The maximum absolute atomic E-state index is 8.26. The Kier molecular flexibility index (Phi) is 0.650. The first-order valence-corrected chi connectivity index (χ1v) is 2.39. The van der Waals surface area contributed by atoms with E-state index in [0.29, 0.717) is 5.92 Å². The molecule has 2 N–H and O–H groups in total. The first-order chi connectivity index (χ1) is 3.19. The van der Waals surface area contributed by atoms with Crippen molar-refractivity contribution in [1.82, 2.24) is 0 Å². The molecule has 7 heavy (non-hydrogen) atoms. The van der Waals surface area contributed by atoms with E-state index < -0.39 is 5.54 Å². The van der Waals surface area contributed by atoms with Gasteiger partial charge in [-0.2, -0.15) is 5.26 Å². The summed E-state index contributed by atoms with van der Waals surface area (Å²) >= 11 is 0. The zero-order valence-corrected chi connectivity index (χ0v) is 4.31. The van der Waals surface area contributed by atoms with Gasteiger partial charge in [0.05, 0.1) is 6.07 Å². The zero-order chi connectivity index (χ0) is 5.49. The topological polar surface area (TPSA) is 49.8 Å². The van der Waals surface area contributed by atoms with Crippen LogP contribution < -0.4 is 5.73 Å². The number of hydrogen-bond acceptors (Lipinski definition) is 2. The Morgan fingerprint density at radius 3 is 2.43 bits per heavy atom. The predicted octanol–water partition coefficient (Wildman–Crippen LogP) is 0.247.